The lowest BCUT2D eigenvalue weighted by Gasteiger charge is -2.20. The lowest BCUT2D eigenvalue weighted by atomic mass is 10.1. The monoisotopic (exact) mass is 1240 g/mol. The first-order chi connectivity index (χ1) is 43.9. The van der Waals surface area contributed by atoms with E-state index in [0.717, 1.165) is 163 Å². The van der Waals surface area contributed by atoms with Gasteiger partial charge in [0.25, 0.3) is 11.8 Å². The van der Waals surface area contributed by atoms with E-state index in [-0.39, 0.29) is 11.8 Å². The number of unbranched alkanes of at least 4 members (excludes halogenated alkanes) is 15. The molecule has 2 aromatic heterocycles. The maximum Gasteiger partial charge on any atom is 0.253 e. The summed E-state index contributed by atoms with van der Waals surface area (Å²) in [5.41, 5.74) is 17.7. The topological polar surface area (TPSA) is 236 Å². The first-order valence-electron chi connectivity index (χ1n) is 33.2. The van der Waals surface area contributed by atoms with Crippen LogP contribution in [0.5, 0.6) is 23.0 Å². The number of hydrogen-bond donors (Lipinski definition) is 6. The van der Waals surface area contributed by atoms with Crippen molar-refractivity contribution in [3.63, 3.8) is 0 Å². The van der Waals surface area contributed by atoms with E-state index < -0.39 is 0 Å². The fourth-order valence-corrected chi connectivity index (χ4v) is 11.2. The van der Waals surface area contributed by atoms with Crippen LogP contribution in [0.4, 0.5) is 23.5 Å². The number of nitrogens with two attached hydrogens (primary N) is 2. The number of carbonyl (C=O) groups is 2. The highest BCUT2D eigenvalue weighted by Gasteiger charge is 2.19. The van der Waals surface area contributed by atoms with Crippen LogP contribution < -0.4 is 61.5 Å². The van der Waals surface area contributed by atoms with Gasteiger partial charge in [-0.05, 0) is 139 Å². The average molecular weight is 1240 g/mol. The Labute approximate surface area is 537 Å². The van der Waals surface area contributed by atoms with Crippen LogP contribution in [0.3, 0.4) is 0 Å². The Hall–Kier alpha value is -7.26. The maximum absolute atomic E-state index is 13.5. The minimum absolute atomic E-state index is 0.0796. The van der Waals surface area contributed by atoms with Gasteiger partial charge in [-0.25, -0.2) is 9.97 Å². The summed E-state index contributed by atoms with van der Waals surface area (Å²) in [6.45, 7) is 10.7. The second-order valence-electron chi connectivity index (χ2n) is 23.8. The second-order valence-corrected chi connectivity index (χ2v) is 23.8. The highest BCUT2D eigenvalue weighted by Crippen LogP contribution is 2.35. The van der Waals surface area contributed by atoms with Crippen molar-refractivity contribution in [3.8, 4) is 23.0 Å². The van der Waals surface area contributed by atoms with Crippen LogP contribution in [0, 0.1) is 0 Å². The van der Waals surface area contributed by atoms with Crippen molar-refractivity contribution in [1.29, 1.82) is 0 Å². The Kier molecular flexibility index (Phi) is 32.3. The number of rotatable bonds is 47. The number of fused-ring (bicyclic) bond motifs is 2. The van der Waals surface area contributed by atoms with E-state index >= 15 is 0 Å². The van der Waals surface area contributed by atoms with Crippen LogP contribution in [0.1, 0.15) is 160 Å². The first-order valence-corrected chi connectivity index (χ1v) is 33.2. The van der Waals surface area contributed by atoms with Gasteiger partial charge in [-0.1, -0.05) is 101 Å². The number of amides is 2. The van der Waals surface area contributed by atoms with Crippen LogP contribution in [0.25, 0.3) is 21.8 Å². The van der Waals surface area contributed by atoms with Gasteiger partial charge in [0.1, 0.15) is 11.6 Å². The van der Waals surface area contributed by atoms with Crippen LogP contribution in [0.2, 0.25) is 0 Å². The largest absolute Gasteiger partial charge is 0.493 e. The molecular formula is C70H108N14O6. The van der Waals surface area contributed by atoms with Crippen molar-refractivity contribution >= 4 is 57.2 Å². The molecule has 8 N–H and O–H groups in total. The van der Waals surface area contributed by atoms with Crippen molar-refractivity contribution < 1.29 is 28.5 Å². The van der Waals surface area contributed by atoms with Gasteiger partial charge in [-0.15, -0.1) is 0 Å². The molecule has 0 aliphatic carbocycles. The summed E-state index contributed by atoms with van der Waals surface area (Å²) in [6.07, 6.45) is 22.6. The van der Waals surface area contributed by atoms with Crippen LogP contribution in [0.15, 0.2) is 72.8 Å². The molecule has 0 spiro atoms. The molecule has 6 rings (SSSR count). The summed E-state index contributed by atoms with van der Waals surface area (Å²) in [7, 11) is 14.2. The molecule has 6 aromatic rings. The third kappa shape index (κ3) is 23.5. The number of ether oxygens (including phenoxy) is 4. The minimum atomic E-state index is 0.0796. The summed E-state index contributed by atoms with van der Waals surface area (Å²) in [5, 5.41) is 15.9. The van der Waals surface area contributed by atoms with Gasteiger partial charge in [-0.2, -0.15) is 9.97 Å². The predicted molar refractivity (Wildman–Crippen MR) is 369 cm³/mol. The molecule has 494 valence electrons. The van der Waals surface area contributed by atoms with E-state index in [1.165, 1.54) is 64.2 Å². The van der Waals surface area contributed by atoms with Crippen molar-refractivity contribution in [1.82, 2.24) is 51.0 Å². The van der Waals surface area contributed by atoms with Gasteiger partial charge in [0, 0.05) is 101 Å². The number of methoxy groups -OCH3 is 4. The number of nitrogens with one attached hydrogen (secondary N) is 4. The quantitative estimate of drug-likeness (QED) is 0.0195. The maximum atomic E-state index is 13.5. The Morgan fingerprint density at radius 3 is 1.03 bits per heavy atom. The summed E-state index contributed by atoms with van der Waals surface area (Å²) in [4.78, 5) is 53.4. The number of hydrogen-bond acceptors (Lipinski definition) is 18. The summed E-state index contributed by atoms with van der Waals surface area (Å²) >= 11 is 0. The minimum Gasteiger partial charge on any atom is -0.493 e. The predicted octanol–water partition coefficient (Wildman–Crippen LogP) is 11.0. The standard InChI is InChI=1S/C70H108N14O6/c1-81(43-29-15-17-31-45-83(3)69-77-59-49-63(89-7)61(87-5)47-57(59)65(71)79-69)67(85)55-35-21-19-33-53(55)51-75-41-27-13-11-25-39-73-37-23-9-10-24-38-74-40-26-12-14-28-42-76-52-54-34-20-22-36-56(54)68(86)82(2)44-30-16-18-32-46-84(4)70-78-60-50-64(90-8)62(88-6)48-58(60)66(72)80-70/h19-22,33-36,47-50,73-76H,9-18,23-32,37-46,51-52H2,1-8H3,(H2,71,77,79)(H2,72,78,80). The molecular weight excluding hydrogens is 1130 g/mol. The van der Waals surface area contributed by atoms with E-state index in [4.69, 9.17) is 40.4 Å². The molecule has 20 nitrogen and oxygen atoms in total. The number of anilines is 4. The van der Waals surface area contributed by atoms with Gasteiger partial charge in [-0.3, -0.25) is 9.59 Å². The Bertz CT molecular complexity index is 2870. The van der Waals surface area contributed by atoms with Crippen LogP contribution >= 0.6 is 0 Å². The summed E-state index contributed by atoms with van der Waals surface area (Å²) in [5.74, 6) is 4.50. The molecule has 20 heteroatoms. The molecule has 0 saturated carbocycles. The summed E-state index contributed by atoms with van der Waals surface area (Å²) in [6, 6.07) is 23.3. The van der Waals surface area contributed by atoms with Gasteiger partial charge in [0.15, 0.2) is 23.0 Å². The van der Waals surface area contributed by atoms with E-state index in [2.05, 4.69) is 43.4 Å². The molecule has 0 bridgehead atoms. The Morgan fingerprint density at radius 2 is 0.689 bits per heavy atom. The molecule has 2 amide bonds. The van der Waals surface area contributed by atoms with E-state index in [0.29, 0.717) is 70.7 Å². The SMILES string of the molecule is COc1cc2nc(N(C)CCCCCCN(C)C(=O)c3ccccc3CNCCCCCCNCCCCCCNCCCCCCNCc3ccccc3C(=O)N(C)CCCCCCN(C)c3nc(N)c4cc(OC)c(OC)cc4n3)nc(N)c2cc1OC. The molecule has 90 heavy (non-hydrogen) atoms. The summed E-state index contributed by atoms with van der Waals surface area (Å²) < 4.78 is 21.8. The third-order valence-electron chi connectivity index (χ3n) is 16.8. The first kappa shape index (κ1) is 71.8. The lowest BCUT2D eigenvalue weighted by molar-refractivity contribution is 0.0784. The number of nitrogens with zero attached hydrogens (tertiary/aromatic N) is 8. The zero-order valence-corrected chi connectivity index (χ0v) is 55.7. The molecule has 0 fully saturated rings. The molecule has 0 radical (unpaired) electrons. The molecule has 2 heterocycles. The normalized spacial score (nSPS) is 11.3. The molecule has 0 aliphatic rings. The highest BCUT2D eigenvalue weighted by atomic mass is 16.5. The van der Waals surface area contributed by atoms with Gasteiger partial charge >= 0.3 is 0 Å². The van der Waals surface area contributed by atoms with Gasteiger partial charge < -0.3 is 71.3 Å². The van der Waals surface area contributed by atoms with Crippen molar-refractivity contribution in [2.45, 2.75) is 142 Å². The van der Waals surface area contributed by atoms with E-state index in [9.17, 15) is 9.59 Å². The van der Waals surface area contributed by atoms with Crippen LogP contribution in [-0.2, 0) is 13.1 Å². The average Bonchev–Trinajstić information content (AvgIpc) is 1.13. The number of carbonyl (C=O) groups excluding carboxylic acids is 2. The van der Waals surface area contributed by atoms with Gasteiger partial charge in [0.05, 0.1) is 39.5 Å². The highest BCUT2D eigenvalue weighted by molar-refractivity contribution is 5.96. The smallest absolute Gasteiger partial charge is 0.253 e. The van der Waals surface area contributed by atoms with E-state index in [1.54, 1.807) is 28.4 Å². The van der Waals surface area contributed by atoms with E-state index in [1.807, 2.05) is 108 Å². The number of aromatic nitrogens is 4. The van der Waals surface area contributed by atoms with Crippen LogP contribution in [-0.4, -0.2) is 164 Å². The molecule has 0 unspecified atom stereocenters. The van der Waals surface area contributed by atoms with Crippen molar-refractivity contribution in [2.75, 3.05) is 143 Å². The zero-order chi connectivity index (χ0) is 64.3. The van der Waals surface area contributed by atoms with Crippen molar-refractivity contribution in [3.05, 3.63) is 95.1 Å². The number of benzene rings is 4. The Morgan fingerprint density at radius 1 is 0.389 bits per heavy atom. The third-order valence-corrected chi connectivity index (χ3v) is 16.8. The fraction of sp³-hybridized carbons (Fsp3) is 0.571. The molecule has 4 aromatic carbocycles. The molecule has 0 atom stereocenters. The Balaban J connectivity index is 0.684. The van der Waals surface area contributed by atoms with Gasteiger partial charge in [0.2, 0.25) is 11.9 Å². The molecule has 0 saturated heterocycles. The second kappa shape index (κ2) is 40.5. The lowest BCUT2D eigenvalue weighted by Crippen LogP contribution is -2.29. The van der Waals surface area contributed by atoms with Crippen molar-refractivity contribution in [2.24, 2.45) is 0 Å². The number of nitrogen functional groups attached to an aromatic ring is 2. The zero-order valence-electron chi connectivity index (χ0n) is 55.7. The fourth-order valence-electron chi connectivity index (χ4n) is 11.2. The molecule has 0 aliphatic heterocycles.